The number of amides is 1. The van der Waals surface area contributed by atoms with Gasteiger partial charge in [0.15, 0.2) is 0 Å². The molecular weight excluding hydrogens is 262 g/mol. The number of carbonyl (C=O) groups excluding carboxylic acids is 1. The quantitative estimate of drug-likeness (QED) is 0.724. The van der Waals surface area contributed by atoms with E-state index >= 15 is 0 Å². The van der Waals surface area contributed by atoms with E-state index in [4.69, 9.17) is 0 Å². The molecule has 0 heterocycles. The van der Waals surface area contributed by atoms with Gasteiger partial charge in [0.25, 0.3) is 5.91 Å². The third-order valence-electron chi connectivity index (χ3n) is 4.02. The summed E-state index contributed by atoms with van der Waals surface area (Å²) in [6, 6.07) is 6.46. The molecule has 1 rings (SSSR count). The molecule has 0 saturated heterocycles. The minimum absolute atomic E-state index is 0.0181. The Morgan fingerprint density at radius 2 is 1.86 bits per heavy atom. The van der Waals surface area contributed by atoms with E-state index < -0.39 is 0 Å². The molecule has 1 aromatic carbocycles. The molecule has 1 amide bonds. The lowest BCUT2D eigenvalue weighted by Crippen LogP contribution is -2.37. The lowest BCUT2D eigenvalue weighted by molar-refractivity contribution is 0.0950. The van der Waals surface area contributed by atoms with Crippen LogP contribution in [0.4, 0.5) is 5.69 Å². The second-order valence-electron chi connectivity index (χ2n) is 6.05. The van der Waals surface area contributed by atoms with Crippen LogP contribution in [0.15, 0.2) is 18.2 Å². The highest BCUT2D eigenvalue weighted by Gasteiger charge is 2.14. The maximum atomic E-state index is 12.3. The van der Waals surface area contributed by atoms with E-state index in [1.807, 2.05) is 39.1 Å². The lowest BCUT2D eigenvalue weighted by Gasteiger charge is -2.21. The van der Waals surface area contributed by atoms with Crippen molar-refractivity contribution in [1.82, 2.24) is 10.6 Å². The van der Waals surface area contributed by atoms with Crippen LogP contribution in [0.3, 0.4) is 0 Å². The SMILES string of the molecule is CNC(C)CNC(=O)c1cccc(NC(C)C(C)C)c1C. The second-order valence-corrected chi connectivity index (χ2v) is 6.05. The van der Waals surface area contributed by atoms with Gasteiger partial charge in [0.05, 0.1) is 0 Å². The Morgan fingerprint density at radius 1 is 1.19 bits per heavy atom. The Morgan fingerprint density at radius 3 is 2.43 bits per heavy atom. The molecule has 118 valence electrons. The molecule has 0 fully saturated rings. The summed E-state index contributed by atoms with van der Waals surface area (Å²) in [5.74, 6) is 0.522. The molecule has 0 spiro atoms. The van der Waals surface area contributed by atoms with Crippen molar-refractivity contribution in [3.63, 3.8) is 0 Å². The first kappa shape index (κ1) is 17.5. The van der Waals surface area contributed by atoms with Crippen LogP contribution in [-0.4, -0.2) is 31.6 Å². The van der Waals surface area contributed by atoms with E-state index in [0.717, 1.165) is 16.8 Å². The van der Waals surface area contributed by atoms with E-state index in [9.17, 15) is 4.79 Å². The predicted molar refractivity (Wildman–Crippen MR) is 90.0 cm³/mol. The van der Waals surface area contributed by atoms with E-state index in [1.165, 1.54) is 0 Å². The first-order chi connectivity index (χ1) is 9.86. The summed E-state index contributed by atoms with van der Waals surface area (Å²) in [5.41, 5.74) is 2.77. The average molecular weight is 291 g/mol. The molecule has 0 bridgehead atoms. The van der Waals surface area contributed by atoms with Gasteiger partial charge < -0.3 is 16.0 Å². The second kappa shape index (κ2) is 8.03. The summed E-state index contributed by atoms with van der Waals surface area (Å²) in [6.07, 6.45) is 0. The fraction of sp³-hybridized carbons (Fsp3) is 0.588. The molecule has 0 aliphatic carbocycles. The highest BCUT2D eigenvalue weighted by atomic mass is 16.1. The van der Waals surface area contributed by atoms with Crippen molar-refractivity contribution in [1.29, 1.82) is 0 Å². The van der Waals surface area contributed by atoms with Crippen LogP contribution in [0, 0.1) is 12.8 Å². The van der Waals surface area contributed by atoms with Gasteiger partial charge in [-0.15, -0.1) is 0 Å². The summed E-state index contributed by atoms with van der Waals surface area (Å²) in [4.78, 5) is 12.3. The molecule has 3 N–H and O–H groups in total. The molecule has 2 unspecified atom stereocenters. The van der Waals surface area contributed by atoms with Gasteiger partial charge in [0.2, 0.25) is 0 Å². The van der Waals surface area contributed by atoms with E-state index in [2.05, 4.69) is 36.7 Å². The molecule has 0 aromatic heterocycles. The Balaban J connectivity index is 2.82. The standard InChI is InChI=1S/C17H29N3O/c1-11(2)14(5)20-16-9-7-8-15(13(16)4)17(21)19-10-12(3)18-6/h7-9,11-12,14,18,20H,10H2,1-6H3,(H,19,21). The van der Waals surface area contributed by atoms with Crippen LogP contribution in [0.2, 0.25) is 0 Å². The van der Waals surface area contributed by atoms with Gasteiger partial charge in [0.1, 0.15) is 0 Å². The molecule has 4 nitrogen and oxygen atoms in total. The first-order valence-corrected chi connectivity index (χ1v) is 7.68. The third-order valence-corrected chi connectivity index (χ3v) is 4.02. The van der Waals surface area contributed by atoms with Crippen molar-refractivity contribution in [2.24, 2.45) is 5.92 Å². The zero-order valence-electron chi connectivity index (χ0n) is 14.1. The third kappa shape index (κ3) is 5.05. The van der Waals surface area contributed by atoms with E-state index in [0.29, 0.717) is 18.5 Å². The zero-order valence-corrected chi connectivity index (χ0v) is 14.1. The minimum atomic E-state index is -0.0181. The largest absolute Gasteiger partial charge is 0.382 e. The lowest BCUT2D eigenvalue weighted by atomic mass is 10.0. The molecule has 0 radical (unpaired) electrons. The normalized spacial score (nSPS) is 13.9. The highest BCUT2D eigenvalue weighted by Crippen LogP contribution is 2.21. The number of rotatable bonds is 7. The number of nitrogens with one attached hydrogen (secondary N) is 3. The summed E-state index contributed by atoms with van der Waals surface area (Å²) in [7, 11) is 1.89. The van der Waals surface area contributed by atoms with Gasteiger partial charge in [-0.2, -0.15) is 0 Å². The summed E-state index contributed by atoms with van der Waals surface area (Å²) >= 11 is 0. The molecular formula is C17H29N3O. The van der Waals surface area contributed by atoms with Crippen molar-refractivity contribution >= 4 is 11.6 Å². The number of likely N-dealkylation sites (N-methyl/N-ethyl adjacent to an activating group) is 1. The van der Waals surface area contributed by atoms with E-state index in [-0.39, 0.29) is 11.9 Å². The fourth-order valence-corrected chi connectivity index (χ4v) is 1.89. The molecule has 0 saturated carbocycles. The molecule has 0 aliphatic heterocycles. The van der Waals surface area contributed by atoms with Gasteiger partial charge in [-0.1, -0.05) is 19.9 Å². The molecule has 0 aliphatic rings. The van der Waals surface area contributed by atoms with Crippen molar-refractivity contribution in [2.75, 3.05) is 18.9 Å². The summed E-state index contributed by atoms with van der Waals surface area (Å²) < 4.78 is 0. The number of hydrogen-bond acceptors (Lipinski definition) is 3. The van der Waals surface area contributed by atoms with Gasteiger partial charge in [-0.3, -0.25) is 4.79 Å². The Labute approximate surface area is 128 Å². The van der Waals surface area contributed by atoms with E-state index in [1.54, 1.807) is 0 Å². The van der Waals surface area contributed by atoms with Crippen LogP contribution in [0.1, 0.15) is 43.6 Å². The fourth-order valence-electron chi connectivity index (χ4n) is 1.89. The van der Waals surface area contributed by atoms with Crippen LogP contribution in [-0.2, 0) is 0 Å². The molecule has 21 heavy (non-hydrogen) atoms. The zero-order chi connectivity index (χ0) is 16.0. The highest BCUT2D eigenvalue weighted by molar-refractivity contribution is 5.97. The predicted octanol–water partition coefficient (Wildman–Crippen LogP) is 2.79. The van der Waals surface area contributed by atoms with Gasteiger partial charge in [-0.25, -0.2) is 0 Å². The average Bonchev–Trinajstić information content (AvgIpc) is 2.46. The monoisotopic (exact) mass is 291 g/mol. The first-order valence-electron chi connectivity index (χ1n) is 7.68. The topological polar surface area (TPSA) is 53.2 Å². The minimum Gasteiger partial charge on any atom is -0.382 e. The number of anilines is 1. The number of benzene rings is 1. The molecule has 4 heteroatoms. The van der Waals surface area contributed by atoms with Crippen molar-refractivity contribution < 1.29 is 4.79 Å². The van der Waals surface area contributed by atoms with Crippen LogP contribution < -0.4 is 16.0 Å². The van der Waals surface area contributed by atoms with Crippen LogP contribution >= 0.6 is 0 Å². The Hall–Kier alpha value is -1.55. The Kier molecular flexibility index (Phi) is 6.69. The van der Waals surface area contributed by atoms with Crippen LogP contribution in [0.5, 0.6) is 0 Å². The maximum Gasteiger partial charge on any atom is 0.251 e. The molecule has 1 aromatic rings. The Bertz CT molecular complexity index is 471. The van der Waals surface area contributed by atoms with Gasteiger partial charge in [-0.05, 0) is 51.4 Å². The van der Waals surface area contributed by atoms with Crippen LogP contribution in [0.25, 0.3) is 0 Å². The van der Waals surface area contributed by atoms with Crippen molar-refractivity contribution in [3.8, 4) is 0 Å². The van der Waals surface area contributed by atoms with Gasteiger partial charge >= 0.3 is 0 Å². The van der Waals surface area contributed by atoms with Crippen molar-refractivity contribution in [2.45, 2.75) is 46.7 Å². The summed E-state index contributed by atoms with van der Waals surface area (Å²) in [5, 5.41) is 9.56. The van der Waals surface area contributed by atoms with Gasteiger partial charge in [0, 0.05) is 29.9 Å². The summed E-state index contributed by atoms with van der Waals surface area (Å²) in [6.45, 7) is 11.2. The van der Waals surface area contributed by atoms with Crippen molar-refractivity contribution in [3.05, 3.63) is 29.3 Å². The number of hydrogen-bond donors (Lipinski definition) is 3. The number of carbonyl (C=O) groups is 1. The molecule has 2 atom stereocenters. The maximum absolute atomic E-state index is 12.3. The smallest absolute Gasteiger partial charge is 0.251 e.